The van der Waals surface area contributed by atoms with E-state index < -0.39 is 15.5 Å². The van der Waals surface area contributed by atoms with Gasteiger partial charge in [0.25, 0.3) is 0 Å². The minimum Gasteiger partial charge on any atom is -0.356 e. The van der Waals surface area contributed by atoms with Gasteiger partial charge in [0.1, 0.15) is 0 Å². The molecule has 1 fully saturated rings. The predicted molar refractivity (Wildman–Crippen MR) is 104 cm³/mol. The van der Waals surface area contributed by atoms with Crippen LogP contribution in [0.1, 0.15) is 31.4 Å². The lowest BCUT2D eigenvalue weighted by atomic mass is 9.98. The molecule has 0 saturated carbocycles. The van der Waals surface area contributed by atoms with Gasteiger partial charge in [0.2, 0.25) is 0 Å². The summed E-state index contributed by atoms with van der Waals surface area (Å²) in [6.07, 6.45) is 0.706. The Balaban J connectivity index is 1.83. The molecule has 1 aromatic carbocycles. The van der Waals surface area contributed by atoms with Gasteiger partial charge >= 0.3 is 15.5 Å². The number of rotatable bonds is 5. The van der Waals surface area contributed by atoms with E-state index in [9.17, 15) is 21.6 Å². The fourth-order valence-corrected chi connectivity index (χ4v) is 4.09. The molecule has 1 aliphatic rings. The molecule has 2 N–H and O–H groups in total. The van der Waals surface area contributed by atoms with Crippen molar-refractivity contribution < 1.29 is 21.6 Å². The molecule has 1 unspecified atom stereocenters. The van der Waals surface area contributed by atoms with E-state index >= 15 is 0 Å². The van der Waals surface area contributed by atoms with Gasteiger partial charge in [0.05, 0.1) is 6.04 Å². The Kier molecular flexibility index (Phi) is 7.58. The van der Waals surface area contributed by atoms with Crippen molar-refractivity contribution >= 4 is 27.6 Å². The number of alkyl halides is 3. The Hall–Kier alpha value is -1.52. The normalized spacial score (nSPS) is 18.7. The third-order valence-electron chi connectivity index (χ3n) is 4.71. The molecule has 28 heavy (non-hydrogen) atoms. The molecule has 1 heterocycles. The molecule has 158 valence electrons. The minimum absolute atomic E-state index is 0.0257. The van der Waals surface area contributed by atoms with Crippen LogP contribution in [-0.4, -0.2) is 50.9 Å². The van der Waals surface area contributed by atoms with Crippen molar-refractivity contribution in [1.82, 2.24) is 14.9 Å². The first kappa shape index (κ1) is 22.8. The van der Waals surface area contributed by atoms with Crippen LogP contribution < -0.4 is 10.6 Å². The van der Waals surface area contributed by atoms with Crippen LogP contribution in [0.5, 0.6) is 0 Å². The van der Waals surface area contributed by atoms with Gasteiger partial charge in [0.15, 0.2) is 5.96 Å². The van der Waals surface area contributed by atoms with Gasteiger partial charge in [-0.2, -0.15) is 17.5 Å². The number of piperidine rings is 1. The first-order chi connectivity index (χ1) is 13.0. The van der Waals surface area contributed by atoms with E-state index in [4.69, 9.17) is 11.6 Å². The number of aliphatic imine (C=N–C) groups is 1. The van der Waals surface area contributed by atoms with Crippen LogP contribution >= 0.6 is 11.6 Å². The Bertz CT molecular complexity index is 777. The van der Waals surface area contributed by atoms with Gasteiger partial charge in [-0.15, -0.1) is 0 Å². The van der Waals surface area contributed by atoms with Gasteiger partial charge < -0.3 is 10.6 Å². The zero-order valence-corrected chi connectivity index (χ0v) is 17.2. The van der Waals surface area contributed by atoms with Gasteiger partial charge in [-0.05, 0) is 43.4 Å². The molecular formula is C17H24ClF3N4O2S. The number of benzene rings is 1. The molecule has 11 heteroatoms. The summed E-state index contributed by atoms with van der Waals surface area (Å²) in [4.78, 5) is 4.16. The minimum atomic E-state index is -5.25. The second-order valence-electron chi connectivity index (χ2n) is 6.66. The number of hydrogen-bond donors (Lipinski definition) is 2. The summed E-state index contributed by atoms with van der Waals surface area (Å²) in [5, 5.41) is 7.04. The maximum Gasteiger partial charge on any atom is 0.511 e. The van der Waals surface area contributed by atoms with Gasteiger partial charge in [0, 0.05) is 31.7 Å². The van der Waals surface area contributed by atoms with Crippen LogP contribution in [0.25, 0.3) is 0 Å². The SMILES string of the molecule is CN=C(NCC1CCN(S(=O)(=O)C(F)(F)F)CC1)NC(C)c1ccc(Cl)cc1. The van der Waals surface area contributed by atoms with Crippen molar-refractivity contribution in [2.45, 2.75) is 31.3 Å². The van der Waals surface area contributed by atoms with Crippen molar-refractivity contribution in [2.24, 2.45) is 10.9 Å². The number of hydrogen-bond acceptors (Lipinski definition) is 3. The monoisotopic (exact) mass is 440 g/mol. The van der Waals surface area contributed by atoms with Crippen LogP contribution in [0, 0.1) is 5.92 Å². The summed E-state index contributed by atoms with van der Waals surface area (Å²) >= 11 is 5.89. The Morgan fingerprint density at radius 2 is 1.86 bits per heavy atom. The summed E-state index contributed by atoms with van der Waals surface area (Å²) in [6.45, 7) is 2.19. The van der Waals surface area contributed by atoms with E-state index in [2.05, 4.69) is 15.6 Å². The van der Waals surface area contributed by atoms with Gasteiger partial charge in [-0.3, -0.25) is 4.99 Å². The highest BCUT2D eigenvalue weighted by atomic mass is 35.5. The summed E-state index contributed by atoms with van der Waals surface area (Å²) in [6, 6.07) is 7.39. The third kappa shape index (κ3) is 5.74. The number of sulfonamides is 1. The number of nitrogens with zero attached hydrogens (tertiary/aromatic N) is 2. The summed E-state index contributed by atoms with van der Waals surface area (Å²) in [7, 11) is -3.61. The van der Waals surface area contributed by atoms with Crippen molar-refractivity contribution in [3.05, 3.63) is 34.9 Å². The van der Waals surface area contributed by atoms with E-state index in [1.54, 1.807) is 19.2 Å². The van der Waals surface area contributed by atoms with Gasteiger partial charge in [-0.25, -0.2) is 8.42 Å². The molecule has 0 bridgehead atoms. The first-order valence-corrected chi connectivity index (χ1v) is 10.7. The highest BCUT2D eigenvalue weighted by Gasteiger charge is 2.50. The molecule has 1 aromatic rings. The summed E-state index contributed by atoms with van der Waals surface area (Å²) in [5.74, 6) is 0.622. The third-order valence-corrected chi connectivity index (χ3v) is 6.59. The van der Waals surface area contributed by atoms with Crippen molar-refractivity contribution in [3.8, 4) is 0 Å². The van der Waals surface area contributed by atoms with Crippen LogP contribution in [0.15, 0.2) is 29.3 Å². The first-order valence-electron chi connectivity index (χ1n) is 8.83. The highest BCUT2D eigenvalue weighted by molar-refractivity contribution is 7.90. The molecule has 1 aliphatic heterocycles. The predicted octanol–water partition coefficient (Wildman–Crippen LogP) is 3.13. The fraction of sp³-hybridized carbons (Fsp3) is 0.588. The zero-order chi connectivity index (χ0) is 20.9. The van der Waals surface area contributed by atoms with E-state index in [0.717, 1.165) is 5.56 Å². The second-order valence-corrected chi connectivity index (χ2v) is 9.03. The molecule has 1 atom stereocenters. The van der Waals surface area contributed by atoms with Crippen LogP contribution in [0.3, 0.4) is 0 Å². The Morgan fingerprint density at radius 1 is 1.29 bits per heavy atom. The number of guanidine groups is 1. The van der Waals surface area contributed by atoms with Crippen LogP contribution in [-0.2, 0) is 10.0 Å². The number of halogens is 4. The summed E-state index contributed by atoms with van der Waals surface area (Å²) < 4.78 is 61.3. The average Bonchev–Trinajstić information content (AvgIpc) is 2.65. The van der Waals surface area contributed by atoms with E-state index in [1.165, 1.54) is 0 Å². The topological polar surface area (TPSA) is 73.8 Å². The molecule has 0 amide bonds. The van der Waals surface area contributed by atoms with Crippen LogP contribution in [0.4, 0.5) is 13.2 Å². The highest BCUT2D eigenvalue weighted by Crippen LogP contribution is 2.30. The van der Waals surface area contributed by atoms with E-state index in [-0.39, 0.29) is 25.0 Å². The molecule has 6 nitrogen and oxygen atoms in total. The number of nitrogens with one attached hydrogen (secondary N) is 2. The molecular weight excluding hydrogens is 417 g/mol. The lowest BCUT2D eigenvalue weighted by Crippen LogP contribution is -2.47. The summed E-state index contributed by atoms with van der Waals surface area (Å²) in [5.41, 5.74) is -4.22. The Labute approximate surface area is 168 Å². The van der Waals surface area contributed by atoms with Gasteiger partial charge in [-0.1, -0.05) is 23.7 Å². The smallest absolute Gasteiger partial charge is 0.356 e. The molecule has 0 aliphatic carbocycles. The van der Waals surface area contributed by atoms with E-state index in [1.807, 2.05) is 19.1 Å². The molecule has 0 aromatic heterocycles. The lowest BCUT2D eigenvalue weighted by molar-refractivity contribution is -0.0496. The van der Waals surface area contributed by atoms with Crippen molar-refractivity contribution in [3.63, 3.8) is 0 Å². The largest absolute Gasteiger partial charge is 0.511 e. The maximum absolute atomic E-state index is 12.6. The van der Waals surface area contributed by atoms with Crippen molar-refractivity contribution in [1.29, 1.82) is 0 Å². The lowest BCUT2D eigenvalue weighted by Gasteiger charge is -2.32. The van der Waals surface area contributed by atoms with Crippen molar-refractivity contribution in [2.75, 3.05) is 26.7 Å². The maximum atomic E-state index is 12.6. The van der Waals surface area contributed by atoms with Crippen LogP contribution in [0.2, 0.25) is 5.02 Å². The standard InChI is InChI=1S/C17H24ClF3N4O2S/c1-12(14-3-5-15(18)6-4-14)24-16(22-2)23-11-13-7-9-25(10-8-13)28(26,27)17(19,20)21/h3-6,12-13H,7-11H2,1-2H3,(H2,22,23,24). The molecule has 1 saturated heterocycles. The fourth-order valence-electron chi connectivity index (χ4n) is 2.98. The quantitative estimate of drug-likeness (QED) is 0.545. The molecule has 0 spiro atoms. The molecule has 2 rings (SSSR count). The Morgan fingerprint density at radius 3 is 2.36 bits per heavy atom. The average molecular weight is 441 g/mol. The second kappa shape index (κ2) is 9.32. The zero-order valence-electron chi connectivity index (χ0n) is 15.6. The molecule has 0 radical (unpaired) electrons. The van der Waals surface area contributed by atoms with E-state index in [0.29, 0.717) is 34.7 Å².